The molecule has 2 aromatic rings. The average molecular weight is 377 g/mol. The van der Waals surface area contributed by atoms with Crippen LogP contribution in [0.2, 0.25) is 0 Å². The fourth-order valence-electron chi connectivity index (χ4n) is 3.06. The van der Waals surface area contributed by atoms with Gasteiger partial charge in [-0.05, 0) is 49.4 Å². The molecule has 0 amide bonds. The molecule has 146 valence electrons. The predicted molar refractivity (Wildman–Crippen MR) is 111 cm³/mol. The molecule has 0 saturated heterocycles. The van der Waals surface area contributed by atoms with Gasteiger partial charge in [0.15, 0.2) is 0 Å². The lowest BCUT2D eigenvalue weighted by molar-refractivity contribution is -0.132. The van der Waals surface area contributed by atoms with Crippen molar-refractivity contribution in [2.75, 3.05) is 0 Å². The third kappa shape index (κ3) is 6.28. The lowest BCUT2D eigenvalue weighted by atomic mass is 10.0. The highest BCUT2D eigenvalue weighted by Crippen LogP contribution is 2.32. The Labute approximate surface area is 167 Å². The van der Waals surface area contributed by atoms with Gasteiger partial charge in [0.2, 0.25) is 0 Å². The molecule has 28 heavy (non-hydrogen) atoms. The zero-order valence-electron chi connectivity index (χ0n) is 16.4. The highest BCUT2D eigenvalue weighted by molar-refractivity contribution is 5.85. The van der Waals surface area contributed by atoms with Crippen molar-refractivity contribution in [3.05, 3.63) is 66.2 Å². The van der Waals surface area contributed by atoms with Crippen molar-refractivity contribution in [1.82, 2.24) is 0 Å². The fourth-order valence-corrected chi connectivity index (χ4v) is 3.06. The zero-order chi connectivity index (χ0) is 20.4. The van der Waals surface area contributed by atoms with Crippen molar-refractivity contribution in [2.45, 2.75) is 51.6 Å². The molecule has 4 nitrogen and oxygen atoms in total. The SMILES string of the molecule is C=C(CCCC(CCCC)Oc1ccccc1-c1ccc(C#N)cc1)C(=O)O. The summed E-state index contributed by atoms with van der Waals surface area (Å²) in [7, 11) is 0. The summed E-state index contributed by atoms with van der Waals surface area (Å²) in [5.41, 5.74) is 2.86. The number of nitrogens with zero attached hydrogens (tertiary/aromatic N) is 1. The molecule has 0 aliphatic heterocycles. The van der Waals surface area contributed by atoms with Crippen LogP contribution < -0.4 is 4.74 Å². The fraction of sp³-hybridized carbons (Fsp3) is 0.333. The average Bonchev–Trinajstić information content (AvgIpc) is 2.72. The van der Waals surface area contributed by atoms with Crippen molar-refractivity contribution in [2.24, 2.45) is 0 Å². The molecule has 0 aromatic heterocycles. The molecule has 1 unspecified atom stereocenters. The van der Waals surface area contributed by atoms with E-state index in [0.29, 0.717) is 12.0 Å². The molecule has 1 N–H and O–H groups in total. The largest absolute Gasteiger partial charge is 0.490 e. The molecule has 0 bridgehead atoms. The van der Waals surface area contributed by atoms with Crippen molar-refractivity contribution in [3.8, 4) is 22.9 Å². The van der Waals surface area contributed by atoms with Gasteiger partial charge in [0.05, 0.1) is 17.7 Å². The first-order chi connectivity index (χ1) is 13.5. The van der Waals surface area contributed by atoms with Crippen LogP contribution in [-0.2, 0) is 4.79 Å². The molecular formula is C24H27NO3. The Morgan fingerprint density at radius 1 is 1.14 bits per heavy atom. The Balaban J connectivity index is 2.13. The van der Waals surface area contributed by atoms with E-state index < -0.39 is 5.97 Å². The maximum Gasteiger partial charge on any atom is 0.330 e. The minimum atomic E-state index is -0.933. The minimum absolute atomic E-state index is 0.0288. The molecule has 0 fully saturated rings. The summed E-state index contributed by atoms with van der Waals surface area (Å²) in [6, 6.07) is 17.5. The van der Waals surface area contributed by atoms with E-state index in [9.17, 15) is 4.79 Å². The van der Waals surface area contributed by atoms with Gasteiger partial charge in [-0.25, -0.2) is 4.79 Å². The van der Waals surface area contributed by atoms with Crippen LogP contribution in [0.25, 0.3) is 11.1 Å². The van der Waals surface area contributed by atoms with Crippen LogP contribution in [0, 0.1) is 11.3 Å². The van der Waals surface area contributed by atoms with Gasteiger partial charge in [-0.15, -0.1) is 0 Å². The Kier molecular flexibility index (Phi) is 8.30. The topological polar surface area (TPSA) is 70.3 Å². The number of para-hydroxylation sites is 1. The maximum absolute atomic E-state index is 10.9. The molecule has 0 spiro atoms. The molecule has 0 radical (unpaired) electrons. The first-order valence-electron chi connectivity index (χ1n) is 9.72. The molecule has 0 heterocycles. The number of nitriles is 1. The Hall–Kier alpha value is -3.06. The Bertz CT molecular complexity index is 834. The highest BCUT2D eigenvalue weighted by Gasteiger charge is 2.14. The Morgan fingerprint density at radius 3 is 2.46 bits per heavy atom. The van der Waals surface area contributed by atoms with Crippen LogP contribution in [0.15, 0.2) is 60.7 Å². The summed E-state index contributed by atoms with van der Waals surface area (Å²) < 4.78 is 6.36. The number of ether oxygens (including phenoxy) is 1. The van der Waals surface area contributed by atoms with E-state index in [1.54, 1.807) is 12.1 Å². The van der Waals surface area contributed by atoms with Gasteiger partial charge in [-0.3, -0.25) is 0 Å². The van der Waals surface area contributed by atoms with Gasteiger partial charge in [-0.2, -0.15) is 5.26 Å². The smallest absolute Gasteiger partial charge is 0.330 e. The second-order valence-electron chi connectivity index (χ2n) is 6.87. The lowest BCUT2D eigenvalue weighted by Gasteiger charge is -2.21. The quantitative estimate of drug-likeness (QED) is 0.489. The van der Waals surface area contributed by atoms with E-state index in [0.717, 1.165) is 49.0 Å². The molecule has 0 aliphatic rings. The summed E-state index contributed by atoms with van der Waals surface area (Å²) in [6.07, 6.45) is 5.09. The monoisotopic (exact) mass is 377 g/mol. The molecular weight excluding hydrogens is 350 g/mol. The van der Waals surface area contributed by atoms with E-state index in [4.69, 9.17) is 15.1 Å². The molecule has 4 heteroatoms. The molecule has 1 atom stereocenters. The van der Waals surface area contributed by atoms with Crippen LogP contribution in [0.3, 0.4) is 0 Å². The Morgan fingerprint density at radius 2 is 1.82 bits per heavy atom. The number of rotatable bonds is 11. The summed E-state index contributed by atoms with van der Waals surface area (Å²) >= 11 is 0. The second kappa shape index (κ2) is 10.9. The van der Waals surface area contributed by atoms with Crippen LogP contribution in [0.1, 0.15) is 51.0 Å². The van der Waals surface area contributed by atoms with Gasteiger partial charge < -0.3 is 9.84 Å². The number of carboxylic acids is 1. The number of unbranched alkanes of at least 4 members (excludes halogenated alkanes) is 1. The molecule has 2 aromatic carbocycles. The van der Waals surface area contributed by atoms with Gasteiger partial charge in [-0.1, -0.05) is 56.7 Å². The van der Waals surface area contributed by atoms with Gasteiger partial charge in [0.1, 0.15) is 5.75 Å². The number of carbonyl (C=O) groups is 1. The number of carboxylic acid groups (broad SMARTS) is 1. The maximum atomic E-state index is 10.9. The number of hydrogen-bond acceptors (Lipinski definition) is 3. The predicted octanol–water partition coefficient (Wildman–Crippen LogP) is 5.97. The van der Waals surface area contributed by atoms with Gasteiger partial charge >= 0.3 is 5.97 Å². The standard InChI is InChI=1S/C24H27NO3/c1-3-4-9-21(10-7-8-18(2)24(26)27)28-23-12-6-5-11-22(23)20-15-13-19(17-25)14-16-20/h5-6,11-16,21H,2-4,7-10H2,1H3,(H,26,27). The van der Waals surface area contributed by atoms with Crippen molar-refractivity contribution in [3.63, 3.8) is 0 Å². The molecule has 0 aliphatic carbocycles. The van der Waals surface area contributed by atoms with Crippen molar-refractivity contribution >= 4 is 5.97 Å². The highest BCUT2D eigenvalue weighted by atomic mass is 16.5. The summed E-state index contributed by atoms with van der Waals surface area (Å²) in [6.45, 7) is 5.75. The first-order valence-corrected chi connectivity index (χ1v) is 9.72. The van der Waals surface area contributed by atoms with Crippen LogP contribution in [-0.4, -0.2) is 17.2 Å². The first kappa shape index (κ1) is 21.2. The third-order valence-corrected chi connectivity index (χ3v) is 4.69. The third-order valence-electron chi connectivity index (χ3n) is 4.69. The number of benzene rings is 2. The lowest BCUT2D eigenvalue weighted by Crippen LogP contribution is -2.17. The van der Waals surface area contributed by atoms with Crippen LogP contribution in [0.4, 0.5) is 0 Å². The van der Waals surface area contributed by atoms with Crippen LogP contribution >= 0.6 is 0 Å². The molecule has 2 rings (SSSR count). The van der Waals surface area contributed by atoms with E-state index in [-0.39, 0.29) is 11.7 Å². The number of aliphatic carboxylic acids is 1. The van der Waals surface area contributed by atoms with E-state index in [1.807, 2.05) is 36.4 Å². The summed E-state index contributed by atoms with van der Waals surface area (Å²) in [5.74, 6) is -0.123. The van der Waals surface area contributed by atoms with Crippen molar-refractivity contribution < 1.29 is 14.6 Å². The van der Waals surface area contributed by atoms with E-state index in [2.05, 4.69) is 19.6 Å². The van der Waals surface area contributed by atoms with Crippen molar-refractivity contribution in [1.29, 1.82) is 5.26 Å². The van der Waals surface area contributed by atoms with E-state index in [1.165, 1.54) is 0 Å². The van der Waals surface area contributed by atoms with Crippen LogP contribution in [0.5, 0.6) is 5.75 Å². The summed E-state index contributed by atoms with van der Waals surface area (Å²) in [4.78, 5) is 10.9. The zero-order valence-corrected chi connectivity index (χ0v) is 16.4. The minimum Gasteiger partial charge on any atom is -0.490 e. The van der Waals surface area contributed by atoms with E-state index >= 15 is 0 Å². The van der Waals surface area contributed by atoms with Gasteiger partial charge in [0, 0.05) is 11.1 Å². The second-order valence-corrected chi connectivity index (χ2v) is 6.87. The number of hydrogen-bond donors (Lipinski definition) is 1. The molecule has 0 saturated carbocycles. The normalized spacial score (nSPS) is 11.4. The summed E-state index contributed by atoms with van der Waals surface area (Å²) in [5, 5.41) is 18.0. The van der Waals surface area contributed by atoms with Gasteiger partial charge in [0.25, 0.3) is 0 Å².